The number of aromatic nitrogens is 2. The van der Waals surface area contributed by atoms with Crippen molar-refractivity contribution in [3.63, 3.8) is 0 Å². The van der Waals surface area contributed by atoms with Gasteiger partial charge in [0.05, 0.1) is 7.11 Å². The summed E-state index contributed by atoms with van der Waals surface area (Å²) in [7, 11) is 2.90. The molecule has 0 unspecified atom stereocenters. The summed E-state index contributed by atoms with van der Waals surface area (Å²) < 4.78 is 44.7. The average molecular weight is 320 g/mol. The number of hydrogen-bond acceptors (Lipinski definition) is 3. The molecule has 1 N–H and O–H groups in total. The van der Waals surface area contributed by atoms with Crippen LogP contribution in [-0.2, 0) is 19.8 Å². The van der Waals surface area contributed by atoms with Crippen molar-refractivity contribution in [1.29, 1.82) is 0 Å². The Bertz CT molecular complexity index is 623. The maximum atomic E-state index is 12.9. The van der Waals surface area contributed by atoms with E-state index in [1.807, 2.05) is 0 Å². The molecule has 1 aromatic carbocycles. The second-order valence-electron chi connectivity index (χ2n) is 4.32. The Balaban J connectivity index is 2.19. The van der Waals surface area contributed by atoms with E-state index in [-0.39, 0.29) is 17.3 Å². The summed E-state index contributed by atoms with van der Waals surface area (Å²) in [6.07, 6.45) is -4.54. The van der Waals surface area contributed by atoms with Gasteiger partial charge in [-0.2, -0.15) is 18.3 Å². The second-order valence-corrected chi connectivity index (χ2v) is 4.68. The third-order valence-corrected chi connectivity index (χ3v) is 3.37. The fraction of sp³-hybridized carbons (Fsp3) is 0.308. The van der Waals surface area contributed by atoms with Crippen molar-refractivity contribution < 1.29 is 17.9 Å². The second kappa shape index (κ2) is 5.85. The minimum absolute atomic E-state index is 0.0386. The summed E-state index contributed by atoms with van der Waals surface area (Å²) in [6, 6.07) is 6.82. The number of hydrogen-bond donors (Lipinski definition) is 1. The standard InChI is InChI=1S/C13H13ClF3N3O/c1-20-12(14)10(11(19-20)13(15,16)17)7-18-8-3-5-9(21-2)6-4-8/h3-6,18H,7H2,1-2H3. The van der Waals surface area contributed by atoms with E-state index in [1.54, 1.807) is 24.3 Å². The van der Waals surface area contributed by atoms with E-state index in [0.717, 1.165) is 4.68 Å². The molecule has 21 heavy (non-hydrogen) atoms. The van der Waals surface area contributed by atoms with Gasteiger partial charge in [-0.3, -0.25) is 4.68 Å². The highest BCUT2D eigenvalue weighted by Gasteiger charge is 2.38. The Morgan fingerprint density at radius 2 is 1.90 bits per heavy atom. The van der Waals surface area contributed by atoms with Gasteiger partial charge in [0.15, 0.2) is 5.69 Å². The van der Waals surface area contributed by atoms with E-state index in [9.17, 15) is 13.2 Å². The number of halogens is 4. The van der Waals surface area contributed by atoms with Crippen LogP contribution < -0.4 is 10.1 Å². The lowest BCUT2D eigenvalue weighted by atomic mass is 10.2. The molecule has 0 spiro atoms. The fourth-order valence-electron chi connectivity index (χ4n) is 1.83. The monoisotopic (exact) mass is 319 g/mol. The number of alkyl halides is 3. The molecular weight excluding hydrogens is 307 g/mol. The topological polar surface area (TPSA) is 39.1 Å². The fourth-order valence-corrected chi connectivity index (χ4v) is 2.03. The number of benzene rings is 1. The van der Waals surface area contributed by atoms with E-state index in [2.05, 4.69) is 10.4 Å². The molecule has 0 radical (unpaired) electrons. The molecular formula is C13H13ClF3N3O. The van der Waals surface area contributed by atoms with E-state index >= 15 is 0 Å². The highest BCUT2D eigenvalue weighted by atomic mass is 35.5. The molecule has 2 aromatic rings. The smallest absolute Gasteiger partial charge is 0.435 e. The highest BCUT2D eigenvalue weighted by molar-refractivity contribution is 6.30. The van der Waals surface area contributed by atoms with Crippen LogP contribution in [0.2, 0.25) is 5.15 Å². The van der Waals surface area contributed by atoms with Crippen LogP contribution in [0.1, 0.15) is 11.3 Å². The molecule has 1 aromatic heterocycles. The van der Waals surface area contributed by atoms with E-state index in [0.29, 0.717) is 11.4 Å². The van der Waals surface area contributed by atoms with Crippen molar-refractivity contribution in [3.8, 4) is 5.75 Å². The zero-order valence-corrected chi connectivity index (χ0v) is 12.1. The summed E-state index contributed by atoms with van der Waals surface area (Å²) in [5.41, 5.74) is -0.401. The zero-order chi connectivity index (χ0) is 15.6. The normalized spacial score (nSPS) is 11.5. The van der Waals surface area contributed by atoms with E-state index < -0.39 is 11.9 Å². The van der Waals surface area contributed by atoms with E-state index in [1.165, 1.54) is 14.2 Å². The highest BCUT2D eigenvalue weighted by Crippen LogP contribution is 2.34. The first-order chi connectivity index (χ1) is 9.82. The van der Waals surface area contributed by atoms with Crippen LogP contribution in [-0.4, -0.2) is 16.9 Å². The van der Waals surface area contributed by atoms with Crippen molar-refractivity contribution in [2.24, 2.45) is 7.05 Å². The van der Waals surface area contributed by atoms with Crippen LogP contribution in [0.25, 0.3) is 0 Å². The lowest BCUT2D eigenvalue weighted by Gasteiger charge is -2.09. The van der Waals surface area contributed by atoms with Gasteiger partial charge >= 0.3 is 6.18 Å². The van der Waals surface area contributed by atoms with Crippen LogP contribution in [0.3, 0.4) is 0 Å². The molecule has 8 heteroatoms. The van der Waals surface area contributed by atoms with Gasteiger partial charge in [0.25, 0.3) is 0 Å². The Labute approximate surface area is 124 Å². The first-order valence-electron chi connectivity index (χ1n) is 5.99. The minimum atomic E-state index is -4.54. The van der Waals surface area contributed by atoms with Gasteiger partial charge in [0, 0.05) is 24.8 Å². The van der Waals surface area contributed by atoms with Crippen molar-refractivity contribution in [2.75, 3.05) is 12.4 Å². The first kappa shape index (κ1) is 15.5. The maximum absolute atomic E-state index is 12.9. The van der Waals surface area contributed by atoms with Gasteiger partial charge < -0.3 is 10.1 Å². The molecule has 0 atom stereocenters. The predicted octanol–water partition coefficient (Wildman–Crippen LogP) is 3.71. The van der Waals surface area contributed by atoms with Gasteiger partial charge in [0.1, 0.15) is 10.9 Å². The molecule has 0 aliphatic carbocycles. The molecule has 4 nitrogen and oxygen atoms in total. The van der Waals surface area contributed by atoms with Gasteiger partial charge in [-0.15, -0.1) is 0 Å². The number of aryl methyl sites for hydroxylation is 1. The Morgan fingerprint density at radius 1 is 1.29 bits per heavy atom. The largest absolute Gasteiger partial charge is 0.497 e. The number of methoxy groups -OCH3 is 1. The van der Waals surface area contributed by atoms with Crippen molar-refractivity contribution >= 4 is 17.3 Å². The SMILES string of the molecule is COc1ccc(NCc2c(C(F)(F)F)nn(C)c2Cl)cc1. The Kier molecular flexibility index (Phi) is 4.32. The number of anilines is 1. The van der Waals surface area contributed by atoms with Crippen LogP contribution in [0, 0.1) is 0 Å². The van der Waals surface area contributed by atoms with Gasteiger partial charge in [-0.1, -0.05) is 11.6 Å². The molecule has 114 valence electrons. The molecule has 0 saturated heterocycles. The molecule has 0 saturated carbocycles. The molecule has 0 fully saturated rings. The van der Waals surface area contributed by atoms with Crippen molar-refractivity contribution in [2.45, 2.75) is 12.7 Å². The number of nitrogens with one attached hydrogen (secondary N) is 1. The Hall–Kier alpha value is -1.89. The van der Waals surface area contributed by atoms with Crippen LogP contribution in [0.5, 0.6) is 5.75 Å². The van der Waals surface area contributed by atoms with Crippen LogP contribution in [0.4, 0.5) is 18.9 Å². The molecule has 0 aliphatic heterocycles. The maximum Gasteiger partial charge on any atom is 0.435 e. The third kappa shape index (κ3) is 3.41. The molecule has 0 bridgehead atoms. The molecule has 0 aliphatic rings. The molecule has 1 heterocycles. The van der Waals surface area contributed by atoms with Gasteiger partial charge in [-0.05, 0) is 24.3 Å². The summed E-state index contributed by atoms with van der Waals surface area (Å²) >= 11 is 5.87. The Morgan fingerprint density at radius 3 is 2.43 bits per heavy atom. The molecule has 2 rings (SSSR count). The number of nitrogens with zero attached hydrogens (tertiary/aromatic N) is 2. The minimum Gasteiger partial charge on any atom is -0.497 e. The van der Waals surface area contributed by atoms with Crippen molar-refractivity contribution in [1.82, 2.24) is 9.78 Å². The van der Waals surface area contributed by atoms with Crippen LogP contribution in [0.15, 0.2) is 24.3 Å². The summed E-state index contributed by atoms with van der Waals surface area (Å²) in [4.78, 5) is 0. The lowest BCUT2D eigenvalue weighted by Crippen LogP contribution is -2.11. The summed E-state index contributed by atoms with van der Waals surface area (Å²) in [6.45, 7) is -0.0756. The van der Waals surface area contributed by atoms with E-state index in [4.69, 9.17) is 16.3 Å². The first-order valence-corrected chi connectivity index (χ1v) is 6.37. The lowest BCUT2D eigenvalue weighted by molar-refractivity contribution is -0.142. The molecule has 0 amide bonds. The summed E-state index contributed by atoms with van der Waals surface area (Å²) in [5.74, 6) is 0.663. The van der Waals surface area contributed by atoms with Gasteiger partial charge in [-0.25, -0.2) is 0 Å². The quantitative estimate of drug-likeness (QED) is 0.933. The number of rotatable bonds is 4. The summed E-state index contributed by atoms with van der Waals surface area (Å²) in [5, 5.41) is 6.27. The predicted molar refractivity (Wildman–Crippen MR) is 73.5 cm³/mol. The van der Waals surface area contributed by atoms with Crippen molar-refractivity contribution in [3.05, 3.63) is 40.7 Å². The number of ether oxygens (including phenoxy) is 1. The van der Waals surface area contributed by atoms with Crippen LogP contribution >= 0.6 is 11.6 Å². The third-order valence-electron chi connectivity index (χ3n) is 2.90. The van der Waals surface area contributed by atoms with Gasteiger partial charge in [0.2, 0.25) is 0 Å². The zero-order valence-electron chi connectivity index (χ0n) is 11.3. The average Bonchev–Trinajstić information content (AvgIpc) is 2.73.